The van der Waals surface area contributed by atoms with Crippen LogP contribution in [0.2, 0.25) is 0 Å². The SMILES string of the molecule is N#Cc1c(N2CCCC2CO)nn(-c2ccncc2)c1N. The maximum atomic E-state index is 9.46. The molecule has 1 aliphatic heterocycles. The predicted octanol–water partition coefficient (Wildman–Crippen LogP) is 0.682. The number of aromatic nitrogens is 3. The minimum Gasteiger partial charge on any atom is -0.394 e. The first-order chi connectivity index (χ1) is 10.3. The number of nitrogen functional groups attached to an aromatic ring is 1. The second kappa shape index (κ2) is 5.42. The van der Waals surface area contributed by atoms with E-state index in [1.54, 1.807) is 29.2 Å². The molecule has 1 fully saturated rings. The summed E-state index contributed by atoms with van der Waals surface area (Å²) in [5.41, 5.74) is 7.18. The summed E-state index contributed by atoms with van der Waals surface area (Å²) >= 11 is 0. The zero-order valence-electron chi connectivity index (χ0n) is 11.5. The van der Waals surface area contributed by atoms with Crippen LogP contribution in [0.25, 0.3) is 5.69 Å². The van der Waals surface area contributed by atoms with Crippen LogP contribution in [0.4, 0.5) is 11.6 Å². The molecule has 1 unspecified atom stereocenters. The minimum atomic E-state index is -0.00251. The molecule has 0 spiro atoms. The first kappa shape index (κ1) is 13.4. The second-order valence-corrected chi connectivity index (χ2v) is 4.98. The average Bonchev–Trinajstić information content (AvgIpc) is 3.11. The van der Waals surface area contributed by atoms with Gasteiger partial charge in [-0.2, -0.15) is 5.26 Å². The standard InChI is InChI=1S/C14H16N6O/c15-8-12-13(16)20(10-3-5-17-6-4-10)18-14(12)19-7-1-2-11(19)9-21/h3-6,11,21H,1-2,7,9,16H2. The van der Waals surface area contributed by atoms with Gasteiger partial charge in [0.1, 0.15) is 17.5 Å². The quantitative estimate of drug-likeness (QED) is 0.859. The maximum absolute atomic E-state index is 9.46. The lowest BCUT2D eigenvalue weighted by atomic mass is 10.2. The van der Waals surface area contributed by atoms with Crippen molar-refractivity contribution < 1.29 is 5.11 Å². The molecule has 7 heteroatoms. The minimum absolute atomic E-state index is 0.00251. The zero-order chi connectivity index (χ0) is 14.8. The van der Waals surface area contributed by atoms with Gasteiger partial charge in [-0.25, -0.2) is 4.68 Å². The lowest BCUT2D eigenvalue weighted by Gasteiger charge is -2.22. The van der Waals surface area contributed by atoms with Crippen LogP contribution in [0.3, 0.4) is 0 Å². The smallest absolute Gasteiger partial charge is 0.171 e. The van der Waals surface area contributed by atoms with Gasteiger partial charge in [0.05, 0.1) is 18.3 Å². The number of aliphatic hydroxyl groups is 1. The molecule has 0 radical (unpaired) electrons. The Kier molecular flexibility index (Phi) is 3.46. The number of hydrogen-bond donors (Lipinski definition) is 2. The van der Waals surface area contributed by atoms with E-state index in [9.17, 15) is 10.4 Å². The van der Waals surface area contributed by atoms with E-state index in [0.29, 0.717) is 17.2 Å². The van der Waals surface area contributed by atoms with E-state index in [4.69, 9.17) is 5.73 Å². The highest BCUT2D eigenvalue weighted by molar-refractivity contribution is 5.67. The molecule has 2 aromatic heterocycles. The molecule has 3 N–H and O–H groups in total. The maximum Gasteiger partial charge on any atom is 0.171 e. The molecule has 0 aliphatic carbocycles. The summed E-state index contributed by atoms with van der Waals surface area (Å²) in [6.45, 7) is 0.819. The average molecular weight is 284 g/mol. The lowest BCUT2D eigenvalue weighted by Crippen LogP contribution is -2.33. The second-order valence-electron chi connectivity index (χ2n) is 4.98. The Bertz CT molecular complexity index is 675. The van der Waals surface area contributed by atoms with Crippen LogP contribution in [-0.2, 0) is 0 Å². The van der Waals surface area contributed by atoms with Gasteiger partial charge in [-0.1, -0.05) is 0 Å². The normalized spacial score (nSPS) is 17.9. The molecule has 7 nitrogen and oxygen atoms in total. The number of hydrogen-bond acceptors (Lipinski definition) is 6. The summed E-state index contributed by atoms with van der Waals surface area (Å²) in [7, 11) is 0. The van der Waals surface area contributed by atoms with Gasteiger partial charge in [0.25, 0.3) is 0 Å². The van der Waals surface area contributed by atoms with Crippen LogP contribution < -0.4 is 10.6 Å². The molecule has 21 heavy (non-hydrogen) atoms. The number of pyridine rings is 1. The van der Waals surface area contributed by atoms with Gasteiger partial charge in [0.2, 0.25) is 0 Å². The largest absolute Gasteiger partial charge is 0.394 e. The molecule has 0 bridgehead atoms. The summed E-state index contributed by atoms with van der Waals surface area (Å²) < 4.78 is 1.54. The van der Waals surface area contributed by atoms with E-state index >= 15 is 0 Å². The summed E-state index contributed by atoms with van der Waals surface area (Å²) in [5, 5.41) is 23.3. The Balaban J connectivity index is 2.08. The number of nitriles is 1. The van der Waals surface area contributed by atoms with Crippen LogP contribution >= 0.6 is 0 Å². The van der Waals surface area contributed by atoms with E-state index in [1.165, 1.54) is 0 Å². The van der Waals surface area contributed by atoms with Crippen molar-refractivity contribution in [2.45, 2.75) is 18.9 Å². The fourth-order valence-corrected chi connectivity index (χ4v) is 2.71. The van der Waals surface area contributed by atoms with E-state index in [1.807, 2.05) is 4.90 Å². The van der Waals surface area contributed by atoms with Gasteiger partial charge < -0.3 is 15.7 Å². The lowest BCUT2D eigenvalue weighted by molar-refractivity contribution is 0.266. The Morgan fingerprint density at radius 1 is 1.43 bits per heavy atom. The van der Waals surface area contributed by atoms with Crippen molar-refractivity contribution in [3.63, 3.8) is 0 Å². The number of nitrogens with two attached hydrogens (primary N) is 1. The fourth-order valence-electron chi connectivity index (χ4n) is 2.71. The molecular formula is C14H16N6O. The third-order valence-corrected chi connectivity index (χ3v) is 3.78. The Morgan fingerprint density at radius 2 is 2.19 bits per heavy atom. The van der Waals surface area contributed by atoms with Crippen molar-refractivity contribution in [2.24, 2.45) is 0 Å². The van der Waals surface area contributed by atoms with Gasteiger partial charge in [-0.05, 0) is 25.0 Å². The van der Waals surface area contributed by atoms with E-state index in [0.717, 1.165) is 25.1 Å². The highest BCUT2D eigenvalue weighted by atomic mass is 16.3. The van der Waals surface area contributed by atoms with Crippen molar-refractivity contribution in [1.29, 1.82) is 5.26 Å². The predicted molar refractivity (Wildman–Crippen MR) is 77.9 cm³/mol. The van der Waals surface area contributed by atoms with Crippen LogP contribution in [0.1, 0.15) is 18.4 Å². The molecule has 1 saturated heterocycles. The van der Waals surface area contributed by atoms with E-state index < -0.39 is 0 Å². The highest BCUT2D eigenvalue weighted by Crippen LogP contribution is 2.31. The van der Waals surface area contributed by atoms with Crippen LogP contribution in [0.5, 0.6) is 0 Å². The molecule has 0 saturated carbocycles. The third-order valence-electron chi connectivity index (χ3n) is 3.78. The molecular weight excluding hydrogens is 268 g/mol. The van der Waals surface area contributed by atoms with Crippen molar-refractivity contribution in [3.05, 3.63) is 30.1 Å². The monoisotopic (exact) mass is 284 g/mol. The molecule has 3 rings (SSSR count). The zero-order valence-corrected chi connectivity index (χ0v) is 11.5. The van der Waals surface area contributed by atoms with Gasteiger partial charge >= 0.3 is 0 Å². The Labute approximate surface area is 122 Å². The molecule has 0 amide bonds. The van der Waals surface area contributed by atoms with E-state index in [-0.39, 0.29) is 12.6 Å². The van der Waals surface area contributed by atoms with Crippen LogP contribution in [0.15, 0.2) is 24.5 Å². The van der Waals surface area contributed by atoms with Crippen LogP contribution in [-0.4, -0.2) is 39.1 Å². The first-order valence-corrected chi connectivity index (χ1v) is 6.82. The highest BCUT2D eigenvalue weighted by Gasteiger charge is 2.30. The van der Waals surface area contributed by atoms with Crippen molar-refractivity contribution >= 4 is 11.6 Å². The molecule has 1 atom stereocenters. The number of rotatable bonds is 3. The third kappa shape index (κ3) is 2.19. The fraction of sp³-hybridized carbons (Fsp3) is 0.357. The molecule has 0 aromatic carbocycles. The van der Waals surface area contributed by atoms with E-state index in [2.05, 4.69) is 16.2 Å². The van der Waals surface area contributed by atoms with Crippen molar-refractivity contribution in [1.82, 2.24) is 14.8 Å². The number of anilines is 2. The van der Waals surface area contributed by atoms with Gasteiger partial charge in [0.15, 0.2) is 5.82 Å². The topological polar surface area (TPSA) is 104 Å². The Hall–Kier alpha value is -2.59. The molecule has 1 aliphatic rings. The number of nitrogens with zero attached hydrogens (tertiary/aromatic N) is 5. The number of aliphatic hydroxyl groups excluding tert-OH is 1. The molecule has 108 valence electrons. The molecule has 3 heterocycles. The molecule has 2 aromatic rings. The van der Waals surface area contributed by atoms with Crippen molar-refractivity contribution in [2.75, 3.05) is 23.8 Å². The van der Waals surface area contributed by atoms with Gasteiger partial charge in [-0.3, -0.25) is 4.98 Å². The van der Waals surface area contributed by atoms with Gasteiger partial charge in [0, 0.05) is 18.9 Å². The van der Waals surface area contributed by atoms with Crippen molar-refractivity contribution in [3.8, 4) is 11.8 Å². The summed E-state index contributed by atoms with van der Waals surface area (Å²) in [5.74, 6) is 0.852. The summed E-state index contributed by atoms with van der Waals surface area (Å²) in [6, 6.07) is 5.68. The van der Waals surface area contributed by atoms with Crippen LogP contribution in [0, 0.1) is 11.3 Å². The first-order valence-electron chi connectivity index (χ1n) is 6.82. The van der Waals surface area contributed by atoms with Gasteiger partial charge in [-0.15, -0.1) is 5.10 Å². The summed E-state index contributed by atoms with van der Waals surface area (Å²) in [6.07, 6.45) is 5.16. The summed E-state index contributed by atoms with van der Waals surface area (Å²) in [4.78, 5) is 5.93. The Morgan fingerprint density at radius 3 is 2.86 bits per heavy atom.